The third kappa shape index (κ3) is 6.16. The minimum absolute atomic E-state index is 0.0537. The molecule has 1 aromatic carbocycles. The highest BCUT2D eigenvalue weighted by atomic mass is 16.7. The fraction of sp³-hybridized carbons (Fsp3) is 0.250. The van der Waals surface area contributed by atoms with Gasteiger partial charge in [-0.05, 0) is 30.2 Å². The summed E-state index contributed by atoms with van der Waals surface area (Å²) in [5.74, 6) is 0.0114. The predicted molar refractivity (Wildman–Crippen MR) is 134 cm³/mol. The van der Waals surface area contributed by atoms with Gasteiger partial charge in [0.1, 0.15) is 25.0 Å². The standard InChI is InChI=1S/C28H28N2O6/c1-3-4-6-9-20(2)25-19-36-28(32)30(25)26(31)13-12-24-23(27-33-14-15-34-27)16-22(17-29-24)35-18-21-10-7-5-8-11-21/h3-13,16-17,25,27H,2,14-15,18-19H2,1H3/b4-3-,9-6-,13-12+/t25-/m0/s1. The first-order valence-corrected chi connectivity index (χ1v) is 11.6. The maximum absolute atomic E-state index is 13.0. The molecule has 8 nitrogen and oxygen atoms in total. The van der Waals surface area contributed by atoms with Gasteiger partial charge in [0, 0.05) is 11.6 Å². The Morgan fingerprint density at radius 3 is 2.72 bits per heavy atom. The summed E-state index contributed by atoms with van der Waals surface area (Å²) in [5, 5.41) is 0. The van der Waals surface area contributed by atoms with Crippen molar-refractivity contribution >= 4 is 18.1 Å². The number of aromatic nitrogens is 1. The molecule has 2 amide bonds. The van der Waals surface area contributed by atoms with Gasteiger partial charge in [0.2, 0.25) is 0 Å². The summed E-state index contributed by atoms with van der Waals surface area (Å²) < 4.78 is 22.3. The molecule has 3 heterocycles. The van der Waals surface area contributed by atoms with Gasteiger partial charge >= 0.3 is 6.09 Å². The molecule has 2 aromatic rings. The van der Waals surface area contributed by atoms with Crippen LogP contribution in [0.2, 0.25) is 0 Å². The van der Waals surface area contributed by atoms with E-state index in [4.69, 9.17) is 18.9 Å². The number of carbonyl (C=O) groups excluding carboxylic acids is 2. The Morgan fingerprint density at radius 1 is 1.19 bits per heavy atom. The van der Waals surface area contributed by atoms with Crippen molar-refractivity contribution in [2.24, 2.45) is 0 Å². The molecule has 1 atom stereocenters. The first-order valence-electron chi connectivity index (χ1n) is 11.6. The van der Waals surface area contributed by atoms with Crippen molar-refractivity contribution in [2.45, 2.75) is 25.9 Å². The maximum Gasteiger partial charge on any atom is 0.417 e. The van der Waals surface area contributed by atoms with Crippen LogP contribution in [0.25, 0.3) is 6.08 Å². The summed E-state index contributed by atoms with van der Waals surface area (Å²) in [6, 6.07) is 11.0. The van der Waals surface area contributed by atoms with Gasteiger partial charge in [-0.3, -0.25) is 9.78 Å². The number of carbonyl (C=O) groups is 2. The lowest BCUT2D eigenvalue weighted by Crippen LogP contribution is -2.38. The molecule has 36 heavy (non-hydrogen) atoms. The second kappa shape index (κ2) is 12.1. The Kier molecular flexibility index (Phi) is 8.44. The predicted octanol–water partition coefficient (Wildman–Crippen LogP) is 4.76. The molecule has 186 valence electrons. The molecular formula is C28H28N2O6. The normalized spacial score (nSPS) is 18.5. The number of pyridine rings is 1. The fourth-order valence-electron chi connectivity index (χ4n) is 3.73. The van der Waals surface area contributed by atoms with Crippen molar-refractivity contribution in [2.75, 3.05) is 19.8 Å². The molecule has 0 N–H and O–H groups in total. The van der Waals surface area contributed by atoms with Crippen LogP contribution in [0.4, 0.5) is 4.79 Å². The third-order valence-corrected chi connectivity index (χ3v) is 5.58. The second-order valence-electron chi connectivity index (χ2n) is 8.09. The van der Waals surface area contributed by atoms with Gasteiger partial charge in [0.15, 0.2) is 6.29 Å². The van der Waals surface area contributed by atoms with Crippen LogP contribution in [0.5, 0.6) is 5.75 Å². The zero-order valence-corrected chi connectivity index (χ0v) is 20.0. The van der Waals surface area contributed by atoms with Crippen molar-refractivity contribution in [1.29, 1.82) is 0 Å². The van der Waals surface area contributed by atoms with Crippen molar-refractivity contribution in [3.05, 3.63) is 102 Å². The number of allylic oxidation sites excluding steroid dienone is 3. The SMILES string of the molecule is C=C(/C=C\C=C/C)[C@@H]1COC(=O)N1C(=O)/C=C/c1ncc(OCc2ccccc2)cc1C1OCCO1. The quantitative estimate of drug-likeness (QED) is 0.372. The van der Waals surface area contributed by atoms with Crippen LogP contribution < -0.4 is 4.74 Å². The van der Waals surface area contributed by atoms with Gasteiger partial charge in [-0.2, -0.15) is 0 Å². The van der Waals surface area contributed by atoms with E-state index in [1.165, 1.54) is 12.2 Å². The van der Waals surface area contributed by atoms with E-state index in [9.17, 15) is 9.59 Å². The van der Waals surface area contributed by atoms with E-state index in [0.717, 1.165) is 10.5 Å². The molecule has 0 bridgehead atoms. The van der Waals surface area contributed by atoms with Crippen LogP contribution in [0, 0.1) is 0 Å². The minimum atomic E-state index is -0.712. The van der Waals surface area contributed by atoms with Crippen LogP contribution >= 0.6 is 0 Å². The molecule has 2 aliphatic heterocycles. The Hall–Kier alpha value is -4.01. The number of ether oxygens (including phenoxy) is 4. The van der Waals surface area contributed by atoms with Gasteiger partial charge in [0.05, 0.1) is 25.1 Å². The monoisotopic (exact) mass is 488 g/mol. The zero-order valence-electron chi connectivity index (χ0n) is 20.0. The fourth-order valence-corrected chi connectivity index (χ4v) is 3.73. The maximum atomic E-state index is 13.0. The largest absolute Gasteiger partial charge is 0.487 e. The Balaban J connectivity index is 1.51. The summed E-state index contributed by atoms with van der Waals surface area (Å²) in [5.41, 5.74) is 2.71. The van der Waals surface area contributed by atoms with Gasteiger partial charge in [-0.15, -0.1) is 0 Å². The van der Waals surface area contributed by atoms with Gasteiger partial charge < -0.3 is 18.9 Å². The number of amides is 2. The topological polar surface area (TPSA) is 87.2 Å². The molecule has 0 saturated carbocycles. The molecule has 0 spiro atoms. The van der Waals surface area contributed by atoms with E-state index >= 15 is 0 Å². The number of nitrogens with zero attached hydrogens (tertiary/aromatic N) is 2. The molecule has 2 fully saturated rings. The lowest BCUT2D eigenvalue weighted by atomic mass is 10.1. The summed E-state index contributed by atoms with van der Waals surface area (Å²) in [4.78, 5) is 30.8. The van der Waals surface area contributed by atoms with E-state index in [1.807, 2.05) is 49.4 Å². The van der Waals surface area contributed by atoms with Crippen molar-refractivity contribution in [3.63, 3.8) is 0 Å². The second-order valence-corrected chi connectivity index (χ2v) is 8.09. The molecule has 1 aromatic heterocycles. The van der Waals surface area contributed by atoms with Crippen molar-refractivity contribution < 1.29 is 28.5 Å². The van der Waals surface area contributed by atoms with E-state index in [1.54, 1.807) is 24.4 Å². The first-order chi connectivity index (χ1) is 17.6. The van der Waals surface area contributed by atoms with Crippen LogP contribution in [-0.2, 0) is 25.6 Å². The third-order valence-electron chi connectivity index (χ3n) is 5.58. The Morgan fingerprint density at radius 2 is 1.97 bits per heavy atom. The van der Waals surface area contributed by atoms with Gasteiger partial charge in [-0.25, -0.2) is 9.69 Å². The Labute approximate surface area is 210 Å². The van der Waals surface area contributed by atoms with Crippen LogP contribution in [0.3, 0.4) is 0 Å². The van der Waals surface area contributed by atoms with Crippen LogP contribution in [0.15, 0.2) is 85.1 Å². The number of imide groups is 1. The van der Waals surface area contributed by atoms with E-state index in [-0.39, 0.29) is 6.61 Å². The number of rotatable bonds is 9. The molecule has 0 aliphatic carbocycles. The Bertz CT molecular complexity index is 1180. The highest BCUT2D eigenvalue weighted by molar-refractivity contribution is 6.02. The summed E-state index contributed by atoms with van der Waals surface area (Å²) in [6.07, 6.45) is 10.3. The minimum Gasteiger partial charge on any atom is -0.487 e. The smallest absolute Gasteiger partial charge is 0.417 e. The number of benzene rings is 1. The number of hydrogen-bond acceptors (Lipinski definition) is 7. The molecule has 0 radical (unpaired) electrons. The van der Waals surface area contributed by atoms with Crippen LogP contribution in [0.1, 0.15) is 30.0 Å². The van der Waals surface area contributed by atoms with Crippen molar-refractivity contribution in [3.8, 4) is 5.75 Å². The summed E-state index contributed by atoms with van der Waals surface area (Å²) >= 11 is 0. The van der Waals surface area contributed by atoms with Crippen LogP contribution in [-0.4, -0.2) is 47.7 Å². The summed E-state index contributed by atoms with van der Waals surface area (Å²) in [7, 11) is 0. The van der Waals surface area contributed by atoms with Crippen molar-refractivity contribution in [1.82, 2.24) is 9.88 Å². The average Bonchev–Trinajstić information content (AvgIpc) is 3.57. The highest BCUT2D eigenvalue weighted by Gasteiger charge is 2.38. The number of cyclic esters (lactones) is 1. The van der Waals surface area contributed by atoms with Gasteiger partial charge in [0.25, 0.3) is 5.91 Å². The first kappa shape index (κ1) is 25.1. The molecular weight excluding hydrogens is 460 g/mol. The number of hydrogen-bond donors (Lipinski definition) is 0. The highest BCUT2D eigenvalue weighted by Crippen LogP contribution is 2.30. The molecule has 2 saturated heterocycles. The molecule has 2 aliphatic rings. The van der Waals surface area contributed by atoms with E-state index in [0.29, 0.717) is 42.4 Å². The average molecular weight is 489 g/mol. The van der Waals surface area contributed by atoms with E-state index < -0.39 is 24.3 Å². The lowest BCUT2D eigenvalue weighted by Gasteiger charge is -2.18. The van der Waals surface area contributed by atoms with E-state index in [2.05, 4.69) is 11.6 Å². The zero-order chi connectivity index (χ0) is 25.3. The summed E-state index contributed by atoms with van der Waals surface area (Å²) in [6.45, 7) is 7.21. The molecule has 4 rings (SSSR count). The lowest BCUT2D eigenvalue weighted by molar-refractivity contribution is -0.123. The molecule has 0 unspecified atom stereocenters. The van der Waals surface area contributed by atoms with Gasteiger partial charge in [-0.1, -0.05) is 61.2 Å². The molecule has 8 heteroatoms.